The second-order valence-corrected chi connectivity index (χ2v) is 10.6. The highest BCUT2D eigenvalue weighted by Gasteiger charge is 2.21. The van der Waals surface area contributed by atoms with Crippen LogP contribution in [0.15, 0.2) is 72.8 Å². The van der Waals surface area contributed by atoms with Gasteiger partial charge in [-0.25, -0.2) is 9.78 Å². The molecule has 1 heterocycles. The first-order chi connectivity index (χ1) is 20.2. The molecule has 3 aromatic carbocycles. The summed E-state index contributed by atoms with van der Waals surface area (Å²) in [5.41, 5.74) is 3.60. The van der Waals surface area contributed by atoms with Gasteiger partial charge in [0, 0.05) is 24.1 Å². The third-order valence-electron chi connectivity index (χ3n) is 6.52. The molecule has 0 unspecified atom stereocenters. The lowest BCUT2D eigenvalue weighted by Gasteiger charge is -2.18. The molecule has 0 aliphatic rings. The van der Waals surface area contributed by atoms with Gasteiger partial charge in [-0.1, -0.05) is 54.1 Å². The van der Waals surface area contributed by atoms with Gasteiger partial charge in [0.15, 0.2) is 0 Å². The van der Waals surface area contributed by atoms with E-state index in [2.05, 4.69) is 10.3 Å². The van der Waals surface area contributed by atoms with Crippen molar-refractivity contribution >= 4 is 46.5 Å². The number of hydrogen-bond donors (Lipinski definition) is 2. The van der Waals surface area contributed by atoms with Crippen molar-refractivity contribution in [3.05, 3.63) is 106 Å². The molecule has 0 aliphatic carbocycles. The first-order valence-electron chi connectivity index (χ1n) is 13.5. The van der Waals surface area contributed by atoms with E-state index in [1.54, 1.807) is 37.4 Å². The SMILES string of the molecule is COC[C@H](Cc1ccc(O)cc1)NC(=O)c1cc(C(=O)OCCN(C)C)c2cc(/C=C/c3ccc(Cl)cc3)ccc2n1. The number of esters is 1. The smallest absolute Gasteiger partial charge is 0.338 e. The lowest BCUT2D eigenvalue weighted by atomic mass is 10.0. The summed E-state index contributed by atoms with van der Waals surface area (Å²) in [6.45, 7) is 1.03. The number of pyridine rings is 1. The lowest BCUT2D eigenvalue weighted by molar-refractivity contribution is 0.0484. The Morgan fingerprint density at radius 1 is 1.00 bits per heavy atom. The first kappa shape index (κ1) is 30.7. The highest BCUT2D eigenvalue weighted by molar-refractivity contribution is 6.30. The molecule has 0 fully saturated rings. The molecule has 0 spiro atoms. The zero-order valence-electron chi connectivity index (χ0n) is 23.8. The molecule has 4 rings (SSSR count). The summed E-state index contributed by atoms with van der Waals surface area (Å²) in [7, 11) is 5.35. The number of rotatable bonds is 12. The number of nitrogens with one attached hydrogen (secondary N) is 1. The van der Waals surface area contributed by atoms with Gasteiger partial charge >= 0.3 is 5.97 Å². The van der Waals surface area contributed by atoms with Crippen LogP contribution in [-0.2, 0) is 15.9 Å². The Kier molecular flexibility index (Phi) is 10.7. The minimum atomic E-state index is -0.533. The number of phenols is 1. The second-order valence-electron chi connectivity index (χ2n) is 10.2. The van der Waals surface area contributed by atoms with Crippen LogP contribution in [0.4, 0.5) is 0 Å². The Morgan fingerprint density at radius 3 is 2.38 bits per heavy atom. The Balaban J connectivity index is 1.64. The molecule has 0 radical (unpaired) electrons. The number of phenolic OH excluding ortho intramolecular Hbond substituents is 1. The number of hydrogen-bond acceptors (Lipinski definition) is 7. The molecular formula is C33H34ClN3O5. The minimum Gasteiger partial charge on any atom is -0.508 e. The van der Waals surface area contributed by atoms with Gasteiger partial charge in [-0.05, 0) is 79.7 Å². The van der Waals surface area contributed by atoms with Crippen LogP contribution in [0, 0.1) is 0 Å². The van der Waals surface area contributed by atoms with E-state index in [4.69, 9.17) is 21.1 Å². The number of ether oxygens (including phenoxy) is 2. The second kappa shape index (κ2) is 14.6. The fourth-order valence-electron chi connectivity index (χ4n) is 4.33. The van der Waals surface area contributed by atoms with Crippen molar-refractivity contribution in [1.82, 2.24) is 15.2 Å². The number of aromatic nitrogens is 1. The van der Waals surface area contributed by atoms with Crippen molar-refractivity contribution in [2.75, 3.05) is 41.0 Å². The van der Waals surface area contributed by atoms with Gasteiger partial charge in [-0.3, -0.25) is 4.79 Å². The topological polar surface area (TPSA) is 101 Å². The molecular weight excluding hydrogens is 554 g/mol. The molecule has 2 N–H and O–H groups in total. The number of methoxy groups -OCH3 is 1. The van der Waals surface area contributed by atoms with Crippen molar-refractivity contribution < 1.29 is 24.2 Å². The maximum atomic E-state index is 13.4. The Morgan fingerprint density at radius 2 is 1.69 bits per heavy atom. The van der Waals surface area contributed by atoms with Crippen LogP contribution < -0.4 is 5.32 Å². The molecule has 1 aromatic heterocycles. The number of likely N-dealkylation sites (N-methyl/N-ethyl adjacent to an activating group) is 1. The fraction of sp³-hybridized carbons (Fsp3) is 0.242. The van der Waals surface area contributed by atoms with E-state index in [1.165, 1.54) is 6.07 Å². The molecule has 0 saturated carbocycles. The van der Waals surface area contributed by atoms with Crippen LogP contribution in [0.2, 0.25) is 5.02 Å². The molecule has 0 aliphatic heterocycles. The number of benzene rings is 3. The quantitative estimate of drug-likeness (QED) is 0.167. The van der Waals surface area contributed by atoms with Gasteiger partial charge < -0.3 is 24.8 Å². The monoisotopic (exact) mass is 587 g/mol. The van der Waals surface area contributed by atoms with Gasteiger partial charge in [0.05, 0.1) is 23.7 Å². The van der Waals surface area contributed by atoms with E-state index in [0.29, 0.717) is 28.9 Å². The van der Waals surface area contributed by atoms with Crippen LogP contribution in [0.25, 0.3) is 23.1 Å². The highest BCUT2D eigenvalue weighted by atomic mass is 35.5. The average Bonchev–Trinajstić information content (AvgIpc) is 2.97. The number of fused-ring (bicyclic) bond motifs is 1. The van der Waals surface area contributed by atoms with Crippen molar-refractivity contribution in [2.24, 2.45) is 0 Å². The number of halogens is 1. The first-order valence-corrected chi connectivity index (χ1v) is 13.9. The van der Waals surface area contributed by atoms with Crippen LogP contribution in [0.5, 0.6) is 5.75 Å². The number of nitrogens with zero attached hydrogens (tertiary/aromatic N) is 2. The third-order valence-corrected chi connectivity index (χ3v) is 6.77. The van der Waals surface area contributed by atoms with Crippen LogP contribution in [-0.4, -0.2) is 73.9 Å². The van der Waals surface area contributed by atoms with Crippen molar-refractivity contribution in [1.29, 1.82) is 0 Å². The van der Waals surface area contributed by atoms with Crippen LogP contribution >= 0.6 is 11.6 Å². The average molecular weight is 588 g/mol. The number of carbonyl (C=O) groups excluding carboxylic acids is 2. The van der Waals surface area contributed by atoms with Gasteiger partial charge in [0.25, 0.3) is 5.91 Å². The summed E-state index contributed by atoms with van der Waals surface area (Å²) in [5.74, 6) is -0.804. The van der Waals surface area contributed by atoms with Gasteiger partial charge in [0.1, 0.15) is 18.1 Å². The van der Waals surface area contributed by atoms with Gasteiger partial charge in [0.2, 0.25) is 0 Å². The summed E-state index contributed by atoms with van der Waals surface area (Å²) in [6.07, 6.45) is 4.37. The third kappa shape index (κ3) is 8.63. The molecule has 42 heavy (non-hydrogen) atoms. The van der Waals surface area contributed by atoms with Crippen molar-refractivity contribution in [3.63, 3.8) is 0 Å². The van der Waals surface area contributed by atoms with Crippen LogP contribution in [0.1, 0.15) is 37.5 Å². The molecule has 1 amide bonds. The zero-order chi connectivity index (χ0) is 30.1. The molecule has 8 nitrogen and oxygen atoms in total. The van der Waals surface area contributed by atoms with E-state index in [-0.39, 0.29) is 36.3 Å². The van der Waals surface area contributed by atoms with Gasteiger partial charge in [-0.2, -0.15) is 0 Å². The van der Waals surface area contributed by atoms with Crippen molar-refractivity contribution in [3.8, 4) is 5.75 Å². The molecule has 4 aromatic rings. The molecule has 0 bridgehead atoms. The van der Waals surface area contributed by atoms with E-state index >= 15 is 0 Å². The molecule has 218 valence electrons. The fourth-order valence-corrected chi connectivity index (χ4v) is 4.45. The summed E-state index contributed by atoms with van der Waals surface area (Å²) in [4.78, 5) is 33.2. The molecule has 1 atom stereocenters. The van der Waals surface area contributed by atoms with Gasteiger partial charge in [-0.15, -0.1) is 0 Å². The zero-order valence-corrected chi connectivity index (χ0v) is 24.6. The van der Waals surface area contributed by atoms with E-state index < -0.39 is 11.9 Å². The standard InChI is InChI=1S/C33H34ClN3O5/c1-37(2)16-17-42-33(40)29-20-31(32(39)35-26(21-41-3)18-23-8-13-27(38)14-9-23)36-30-15-10-24(19-28(29)30)5-4-22-6-11-25(34)12-7-22/h4-15,19-20,26,38H,16-18,21H2,1-3H3,(H,35,39)/b5-4+/t26-/m0/s1. The predicted octanol–water partition coefficient (Wildman–Crippen LogP) is 5.47. The number of amides is 1. The Labute approximate surface area is 250 Å². The lowest BCUT2D eigenvalue weighted by Crippen LogP contribution is -2.40. The highest BCUT2D eigenvalue weighted by Crippen LogP contribution is 2.23. The van der Waals surface area contributed by atoms with Crippen LogP contribution in [0.3, 0.4) is 0 Å². The summed E-state index contributed by atoms with van der Waals surface area (Å²) in [5, 5.41) is 13.8. The minimum absolute atomic E-state index is 0.0957. The largest absolute Gasteiger partial charge is 0.508 e. The Bertz CT molecular complexity index is 1550. The Hall–Kier alpha value is -4.24. The van der Waals surface area contributed by atoms with E-state index in [9.17, 15) is 14.7 Å². The summed E-state index contributed by atoms with van der Waals surface area (Å²) < 4.78 is 10.9. The molecule has 9 heteroatoms. The summed E-state index contributed by atoms with van der Waals surface area (Å²) >= 11 is 5.99. The normalized spacial score (nSPS) is 12.1. The molecule has 0 saturated heterocycles. The van der Waals surface area contributed by atoms with Crippen molar-refractivity contribution in [2.45, 2.75) is 12.5 Å². The number of aromatic hydroxyl groups is 1. The number of carbonyl (C=O) groups is 2. The maximum absolute atomic E-state index is 13.4. The summed E-state index contributed by atoms with van der Waals surface area (Å²) in [6, 6.07) is 20.9. The predicted molar refractivity (Wildman–Crippen MR) is 166 cm³/mol. The van der Waals surface area contributed by atoms with E-state index in [0.717, 1.165) is 16.7 Å². The van der Waals surface area contributed by atoms with E-state index in [1.807, 2.05) is 67.5 Å². The maximum Gasteiger partial charge on any atom is 0.338 e.